The maximum atomic E-state index is 10.7. The predicted molar refractivity (Wildman–Crippen MR) is 111 cm³/mol. The molecule has 1 saturated heterocycles. The monoisotopic (exact) mass is 387 g/mol. The summed E-state index contributed by atoms with van der Waals surface area (Å²) in [4.78, 5) is 4.95. The van der Waals surface area contributed by atoms with E-state index in [1.165, 1.54) is 11.1 Å². The Morgan fingerprint density at radius 3 is 2.38 bits per heavy atom. The molecule has 148 valence electrons. The number of aliphatic hydroxyl groups is 1. The van der Waals surface area contributed by atoms with Gasteiger partial charge in [-0.15, -0.1) is 0 Å². The standard InChI is InChI=1S/C25H25NO3/c27-24(19-9-5-2-6-10-19)16-20-15-21(18-7-3-1-4-8-18)22-17-25(28-13-14-29-25)12-11-23(22)26-20/h1-10,15,24,27H,11-14,16-17H2. The first-order valence-corrected chi connectivity index (χ1v) is 10.3. The van der Waals surface area contributed by atoms with Crippen LogP contribution in [0.15, 0.2) is 66.7 Å². The van der Waals surface area contributed by atoms with E-state index in [0.29, 0.717) is 19.6 Å². The average molecular weight is 387 g/mol. The van der Waals surface area contributed by atoms with E-state index in [4.69, 9.17) is 14.5 Å². The molecule has 0 saturated carbocycles. The summed E-state index contributed by atoms with van der Waals surface area (Å²) >= 11 is 0. The van der Waals surface area contributed by atoms with Gasteiger partial charge in [0.15, 0.2) is 5.79 Å². The Balaban J connectivity index is 1.53. The Hall–Kier alpha value is -2.53. The van der Waals surface area contributed by atoms with Gasteiger partial charge in [0.25, 0.3) is 0 Å². The Labute approximate surface area is 171 Å². The molecule has 5 rings (SSSR count). The molecule has 1 N–H and O–H groups in total. The highest BCUT2D eigenvalue weighted by atomic mass is 16.7. The van der Waals surface area contributed by atoms with Crippen LogP contribution in [0.2, 0.25) is 0 Å². The Bertz CT molecular complexity index is 982. The summed E-state index contributed by atoms with van der Waals surface area (Å²) in [5, 5.41) is 10.7. The highest BCUT2D eigenvalue weighted by Gasteiger charge is 2.41. The van der Waals surface area contributed by atoms with Crippen molar-refractivity contribution in [1.29, 1.82) is 0 Å². The van der Waals surface area contributed by atoms with Gasteiger partial charge in [0.05, 0.1) is 19.3 Å². The summed E-state index contributed by atoms with van der Waals surface area (Å²) in [5.41, 5.74) is 6.48. The van der Waals surface area contributed by atoms with E-state index in [1.807, 2.05) is 36.4 Å². The molecule has 2 heterocycles. The molecule has 0 bridgehead atoms. The van der Waals surface area contributed by atoms with Crippen LogP contribution in [0.5, 0.6) is 0 Å². The van der Waals surface area contributed by atoms with Gasteiger partial charge in [0, 0.05) is 30.7 Å². The van der Waals surface area contributed by atoms with Gasteiger partial charge in [0.1, 0.15) is 0 Å². The van der Waals surface area contributed by atoms with E-state index in [0.717, 1.165) is 41.8 Å². The third-order valence-electron chi connectivity index (χ3n) is 5.94. The number of pyridine rings is 1. The number of ether oxygens (including phenoxy) is 2. The van der Waals surface area contributed by atoms with Crippen molar-refractivity contribution >= 4 is 0 Å². The first kappa shape index (κ1) is 18.5. The maximum Gasteiger partial charge on any atom is 0.172 e. The van der Waals surface area contributed by atoms with Crippen molar-refractivity contribution in [2.24, 2.45) is 0 Å². The summed E-state index contributed by atoms with van der Waals surface area (Å²) < 4.78 is 12.0. The molecular formula is C25H25NO3. The van der Waals surface area contributed by atoms with Crippen LogP contribution < -0.4 is 0 Å². The lowest BCUT2D eigenvalue weighted by Gasteiger charge is -2.34. The normalized spacial score (nSPS) is 18.5. The molecule has 1 spiro atoms. The molecule has 4 nitrogen and oxygen atoms in total. The molecule has 1 unspecified atom stereocenters. The third-order valence-corrected chi connectivity index (χ3v) is 5.94. The largest absolute Gasteiger partial charge is 0.388 e. The number of fused-ring (bicyclic) bond motifs is 1. The topological polar surface area (TPSA) is 51.6 Å². The van der Waals surface area contributed by atoms with Crippen LogP contribution in [0.25, 0.3) is 11.1 Å². The average Bonchev–Trinajstić information content (AvgIpc) is 3.22. The van der Waals surface area contributed by atoms with Gasteiger partial charge >= 0.3 is 0 Å². The second-order valence-electron chi connectivity index (χ2n) is 7.87. The molecule has 0 amide bonds. The van der Waals surface area contributed by atoms with Crippen LogP contribution in [0.4, 0.5) is 0 Å². The van der Waals surface area contributed by atoms with E-state index in [9.17, 15) is 5.11 Å². The van der Waals surface area contributed by atoms with Gasteiger partial charge in [-0.25, -0.2) is 0 Å². The van der Waals surface area contributed by atoms with Crippen LogP contribution in [0.1, 0.15) is 35.0 Å². The Morgan fingerprint density at radius 1 is 0.966 bits per heavy atom. The third kappa shape index (κ3) is 3.71. The van der Waals surface area contributed by atoms with E-state index in [-0.39, 0.29) is 0 Å². The molecule has 1 aromatic heterocycles. The zero-order valence-corrected chi connectivity index (χ0v) is 16.4. The van der Waals surface area contributed by atoms with E-state index in [2.05, 4.69) is 30.3 Å². The van der Waals surface area contributed by atoms with Crippen molar-refractivity contribution in [3.63, 3.8) is 0 Å². The number of aromatic nitrogens is 1. The van der Waals surface area contributed by atoms with Gasteiger partial charge in [-0.1, -0.05) is 60.7 Å². The van der Waals surface area contributed by atoms with Crippen molar-refractivity contribution in [2.75, 3.05) is 13.2 Å². The van der Waals surface area contributed by atoms with E-state index < -0.39 is 11.9 Å². The summed E-state index contributed by atoms with van der Waals surface area (Å²) in [6.45, 7) is 1.32. The molecule has 1 aliphatic heterocycles. The van der Waals surface area contributed by atoms with Crippen molar-refractivity contribution in [1.82, 2.24) is 4.98 Å². The highest BCUT2D eigenvalue weighted by Crippen LogP contribution is 2.39. The molecule has 1 atom stereocenters. The summed E-state index contributed by atoms with van der Waals surface area (Å²) in [7, 11) is 0. The zero-order chi connectivity index (χ0) is 19.7. The van der Waals surface area contributed by atoms with Crippen LogP contribution in [0.3, 0.4) is 0 Å². The lowest BCUT2D eigenvalue weighted by Crippen LogP contribution is -2.37. The molecule has 2 aromatic carbocycles. The lowest BCUT2D eigenvalue weighted by molar-refractivity contribution is -0.164. The van der Waals surface area contributed by atoms with Gasteiger partial charge < -0.3 is 14.6 Å². The molecule has 2 aliphatic rings. The Kier molecular flexibility index (Phi) is 4.92. The Morgan fingerprint density at radius 2 is 1.66 bits per heavy atom. The fourth-order valence-electron chi connectivity index (χ4n) is 4.47. The first-order valence-electron chi connectivity index (χ1n) is 10.3. The number of aryl methyl sites for hydroxylation is 1. The van der Waals surface area contributed by atoms with E-state index >= 15 is 0 Å². The van der Waals surface area contributed by atoms with Gasteiger partial charge in [-0.05, 0) is 34.7 Å². The smallest absolute Gasteiger partial charge is 0.172 e. The van der Waals surface area contributed by atoms with Gasteiger partial charge in [-0.2, -0.15) is 0 Å². The number of rotatable bonds is 4. The number of aliphatic hydroxyl groups excluding tert-OH is 1. The maximum absolute atomic E-state index is 10.7. The lowest BCUT2D eigenvalue weighted by atomic mass is 9.85. The van der Waals surface area contributed by atoms with Gasteiger partial charge in [-0.3, -0.25) is 4.98 Å². The second-order valence-corrected chi connectivity index (χ2v) is 7.87. The fourth-order valence-corrected chi connectivity index (χ4v) is 4.47. The highest BCUT2D eigenvalue weighted by molar-refractivity contribution is 5.69. The minimum absolute atomic E-state index is 0.495. The van der Waals surface area contributed by atoms with Crippen molar-refractivity contribution < 1.29 is 14.6 Å². The number of hydrogen-bond acceptors (Lipinski definition) is 4. The second kappa shape index (κ2) is 7.71. The van der Waals surface area contributed by atoms with E-state index in [1.54, 1.807) is 0 Å². The van der Waals surface area contributed by atoms with Crippen molar-refractivity contribution in [3.8, 4) is 11.1 Å². The first-order chi connectivity index (χ1) is 14.2. The SMILES string of the molecule is OC(Cc1cc(-c2ccccc2)c2c(n1)CCC1(C2)OCCO1)c1ccccc1. The van der Waals surface area contributed by atoms with Crippen LogP contribution >= 0.6 is 0 Å². The van der Waals surface area contributed by atoms with Crippen molar-refractivity contribution in [2.45, 2.75) is 37.6 Å². The number of benzene rings is 2. The minimum atomic E-state index is -0.568. The van der Waals surface area contributed by atoms with Crippen LogP contribution in [-0.4, -0.2) is 29.1 Å². The summed E-state index contributed by atoms with van der Waals surface area (Å²) in [6.07, 6.45) is 2.30. The quantitative estimate of drug-likeness (QED) is 0.727. The van der Waals surface area contributed by atoms with Crippen molar-refractivity contribution in [3.05, 3.63) is 89.2 Å². The molecule has 3 aromatic rings. The van der Waals surface area contributed by atoms with Crippen LogP contribution in [-0.2, 0) is 28.7 Å². The van der Waals surface area contributed by atoms with Crippen LogP contribution in [0, 0.1) is 0 Å². The predicted octanol–water partition coefficient (Wildman–Crippen LogP) is 4.26. The molecule has 4 heteroatoms. The minimum Gasteiger partial charge on any atom is -0.388 e. The number of nitrogens with zero attached hydrogens (tertiary/aromatic N) is 1. The number of hydrogen-bond donors (Lipinski definition) is 1. The molecule has 29 heavy (non-hydrogen) atoms. The molecular weight excluding hydrogens is 362 g/mol. The summed E-state index contributed by atoms with van der Waals surface area (Å²) in [5.74, 6) is -0.497. The zero-order valence-electron chi connectivity index (χ0n) is 16.4. The molecule has 1 fully saturated rings. The fraction of sp³-hybridized carbons (Fsp3) is 0.320. The van der Waals surface area contributed by atoms with Gasteiger partial charge in [0.2, 0.25) is 0 Å². The molecule has 0 radical (unpaired) electrons. The summed E-state index contributed by atoms with van der Waals surface area (Å²) in [6, 6.07) is 22.3. The molecule has 1 aliphatic carbocycles.